The highest BCUT2D eigenvalue weighted by molar-refractivity contribution is 8.02. The number of thioether (sulfide) groups is 1. The molecule has 5 nitrogen and oxygen atoms in total. The number of rotatable bonds is 3. The maximum absolute atomic E-state index is 11.8. The molecule has 3 rings (SSSR count). The molecule has 1 amide bonds. The molecule has 0 aliphatic carbocycles. The van der Waals surface area contributed by atoms with E-state index in [1.54, 1.807) is 31.1 Å². The van der Waals surface area contributed by atoms with Gasteiger partial charge in [0.1, 0.15) is 5.37 Å². The minimum absolute atomic E-state index is 0.0828. The monoisotopic (exact) mass is 341 g/mol. The third-order valence-electron chi connectivity index (χ3n) is 3.23. The number of para-hydroxylation sites is 1. The van der Waals surface area contributed by atoms with Gasteiger partial charge in [0.05, 0.1) is 5.69 Å². The van der Waals surface area contributed by atoms with E-state index < -0.39 is 0 Å². The number of benzene rings is 1. The summed E-state index contributed by atoms with van der Waals surface area (Å²) in [7, 11) is 0. The Morgan fingerprint density at radius 3 is 2.38 bits per heavy atom. The lowest BCUT2D eigenvalue weighted by molar-refractivity contribution is -0.115. The molecular formula is C18H19N3O2S. The Bertz CT molecular complexity index is 743. The molecule has 0 fully saturated rings. The first-order valence-electron chi connectivity index (χ1n) is 7.37. The van der Waals surface area contributed by atoms with Crippen molar-refractivity contribution in [2.24, 2.45) is 5.73 Å². The molecule has 1 atom stereocenters. The lowest BCUT2D eigenvalue weighted by Crippen LogP contribution is -2.19. The van der Waals surface area contributed by atoms with Crippen LogP contribution >= 0.6 is 11.8 Å². The quantitative estimate of drug-likeness (QED) is 0.865. The summed E-state index contributed by atoms with van der Waals surface area (Å²) in [6, 6.07) is 11.7. The largest absolute Gasteiger partial charge is 0.370 e. The van der Waals surface area contributed by atoms with E-state index in [0.717, 1.165) is 11.3 Å². The molecular weight excluding hydrogens is 322 g/mol. The Morgan fingerprint density at radius 1 is 1.12 bits per heavy atom. The lowest BCUT2D eigenvalue weighted by atomic mass is 10.1. The normalized spacial score (nSPS) is 15.6. The van der Waals surface area contributed by atoms with Gasteiger partial charge in [-0.1, -0.05) is 12.1 Å². The van der Waals surface area contributed by atoms with Gasteiger partial charge in [-0.3, -0.25) is 14.6 Å². The highest BCUT2D eigenvalue weighted by atomic mass is 32.2. The van der Waals surface area contributed by atoms with Crippen LogP contribution in [-0.2, 0) is 4.79 Å². The van der Waals surface area contributed by atoms with Crippen LogP contribution in [0.3, 0.4) is 0 Å². The number of carbonyl (C=O) groups excluding carboxylic acids is 2. The van der Waals surface area contributed by atoms with Crippen LogP contribution < -0.4 is 10.6 Å². The second-order valence-corrected chi connectivity index (χ2v) is 6.14. The van der Waals surface area contributed by atoms with E-state index in [2.05, 4.69) is 21.0 Å². The van der Waals surface area contributed by atoms with E-state index >= 15 is 0 Å². The first-order chi connectivity index (χ1) is 11.5. The van der Waals surface area contributed by atoms with Gasteiger partial charge in [0.25, 0.3) is 0 Å². The Kier molecular flexibility index (Phi) is 6.14. The molecule has 124 valence electrons. The Hall–Kier alpha value is -2.60. The molecule has 2 aromatic rings. The van der Waals surface area contributed by atoms with Crippen molar-refractivity contribution in [3.63, 3.8) is 0 Å². The van der Waals surface area contributed by atoms with E-state index in [4.69, 9.17) is 0 Å². The third-order valence-corrected chi connectivity index (χ3v) is 4.27. The number of nitrogens with two attached hydrogens (primary N) is 1. The van der Waals surface area contributed by atoms with Crippen molar-refractivity contribution in [2.45, 2.75) is 19.2 Å². The fourth-order valence-corrected chi connectivity index (χ4v) is 3.27. The van der Waals surface area contributed by atoms with Crippen molar-refractivity contribution in [1.82, 2.24) is 4.98 Å². The molecule has 1 aromatic carbocycles. The van der Waals surface area contributed by atoms with E-state index in [9.17, 15) is 9.59 Å². The molecule has 0 radical (unpaired) electrons. The number of carbonyl (C=O) groups is 2. The summed E-state index contributed by atoms with van der Waals surface area (Å²) < 4.78 is 0. The van der Waals surface area contributed by atoms with Gasteiger partial charge >= 0.3 is 0 Å². The maximum atomic E-state index is 11.8. The molecule has 1 aliphatic rings. The SMILES string of the molecule is CC(=O)c1ccccc1N1C=CSC1c1ccncc1.CC(N)=O. The van der Waals surface area contributed by atoms with Crippen molar-refractivity contribution in [3.8, 4) is 0 Å². The van der Waals surface area contributed by atoms with Crippen LogP contribution in [0.1, 0.15) is 35.1 Å². The number of hydrogen-bond acceptors (Lipinski definition) is 5. The molecule has 24 heavy (non-hydrogen) atoms. The van der Waals surface area contributed by atoms with Crippen LogP contribution in [0.25, 0.3) is 0 Å². The van der Waals surface area contributed by atoms with E-state index in [-0.39, 0.29) is 17.1 Å². The van der Waals surface area contributed by atoms with E-state index in [0.29, 0.717) is 0 Å². The van der Waals surface area contributed by atoms with Crippen LogP contribution in [0.4, 0.5) is 5.69 Å². The Labute approximate surface area is 145 Å². The molecule has 1 unspecified atom stereocenters. The number of ketones is 1. The fraction of sp³-hybridized carbons (Fsp3) is 0.167. The zero-order valence-corrected chi connectivity index (χ0v) is 14.4. The average molecular weight is 341 g/mol. The molecule has 1 aromatic heterocycles. The van der Waals surface area contributed by atoms with Crippen molar-refractivity contribution >= 4 is 29.1 Å². The lowest BCUT2D eigenvalue weighted by Gasteiger charge is -2.26. The predicted octanol–water partition coefficient (Wildman–Crippen LogP) is 3.50. The highest BCUT2D eigenvalue weighted by Gasteiger charge is 2.25. The molecule has 1 aliphatic heterocycles. The Balaban J connectivity index is 0.000000471. The summed E-state index contributed by atoms with van der Waals surface area (Å²) in [5.41, 5.74) is 7.34. The summed E-state index contributed by atoms with van der Waals surface area (Å²) in [6.07, 6.45) is 5.62. The zero-order chi connectivity index (χ0) is 17.5. The molecule has 0 spiro atoms. The van der Waals surface area contributed by atoms with Gasteiger partial charge in [-0.25, -0.2) is 0 Å². The van der Waals surface area contributed by atoms with Crippen LogP contribution in [0.15, 0.2) is 60.4 Å². The summed E-state index contributed by atoms with van der Waals surface area (Å²) in [4.78, 5) is 27.2. The number of nitrogens with zero attached hydrogens (tertiary/aromatic N) is 2. The van der Waals surface area contributed by atoms with Crippen molar-refractivity contribution in [3.05, 3.63) is 71.5 Å². The second kappa shape index (κ2) is 8.31. The molecule has 0 saturated heterocycles. The smallest absolute Gasteiger partial charge is 0.214 e. The van der Waals surface area contributed by atoms with Crippen molar-refractivity contribution in [2.75, 3.05) is 4.90 Å². The summed E-state index contributed by atoms with van der Waals surface area (Å²) in [5, 5.41) is 2.21. The van der Waals surface area contributed by atoms with Crippen LogP contribution in [0.5, 0.6) is 0 Å². The summed E-state index contributed by atoms with van der Waals surface area (Å²) >= 11 is 1.73. The first kappa shape index (κ1) is 17.7. The minimum atomic E-state index is -0.333. The average Bonchev–Trinajstić information content (AvgIpc) is 3.04. The van der Waals surface area contributed by atoms with Crippen LogP contribution in [-0.4, -0.2) is 16.7 Å². The zero-order valence-electron chi connectivity index (χ0n) is 13.5. The number of aromatic nitrogens is 1. The van der Waals surface area contributed by atoms with Gasteiger partial charge in [0, 0.05) is 31.1 Å². The minimum Gasteiger partial charge on any atom is -0.370 e. The number of pyridine rings is 1. The second-order valence-electron chi connectivity index (χ2n) is 5.15. The Morgan fingerprint density at radius 2 is 1.75 bits per heavy atom. The number of hydrogen-bond donors (Lipinski definition) is 1. The van der Waals surface area contributed by atoms with Gasteiger partial charge in [-0.05, 0) is 42.2 Å². The van der Waals surface area contributed by atoms with E-state index in [1.165, 1.54) is 12.5 Å². The van der Waals surface area contributed by atoms with Gasteiger partial charge in [-0.2, -0.15) is 0 Å². The van der Waals surface area contributed by atoms with Gasteiger partial charge in [-0.15, -0.1) is 11.8 Å². The van der Waals surface area contributed by atoms with Gasteiger partial charge in [0.2, 0.25) is 5.91 Å². The first-order valence-corrected chi connectivity index (χ1v) is 8.31. The number of Topliss-reactive ketones (excluding diaryl/α,β-unsaturated/α-hetero) is 1. The molecule has 2 heterocycles. The molecule has 6 heteroatoms. The summed E-state index contributed by atoms with van der Waals surface area (Å²) in [6.45, 7) is 2.91. The molecule has 2 N–H and O–H groups in total. The number of primary amides is 1. The maximum Gasteiger partial charge on any atom is 0.214 e. The fourth-order valence-electron chi connectivity index (χ4n) is 2.29. The van der Waals surface area contributed by atoms with Gasteiger partial charge < -0.3 is 10.6 Å². The third kappa shape index (κ3) is 4.45. The van der Waals surface area contributed by atoms with Gasteiger partial charge in [0.15, 0.2) is 5.78 Å². The summed E-state index contributed by atoms with van der Waals surface area (Å²) in [5.74, 6) is -0.251. The predicted molar refractivity (Wildman–Crippen MR) is 97.5 cm³/mol. The van der Waals surface area contributed by atoms with Crippen LogP contribution in [0.2, 0.25) is 0 Å². The van der Waals surface area contributed by atoms with E-state index in [1.807, 2.05) is 42.6 Å². The number of amides is 1. The van der Waals surface area contributed by atoms with Crippen molar-refractivity contribution < 1.29 is 9.59 Å². The molecule has 0 bridgehead atoms. The molecule has 0 saturated carbocycles. The topological polar surface area (TPSA) is 76.3 Å². The highest BCUT2D eigenvalue weighted by Crippen LogP contribution is 2.42. The van der Waals surface area contributed by atoms with Crippen molar-refractivity contribution in [1.29, 1.82) is 0 Å². The van der Waals surface area contributed by atoms with Crippen LogP contribution in [0, 0.1) is 0 Å². The standard InChI is InChI=1S/C16H14N2OS.C2H5NO/c1-12(19)14-4-2-3-5-15(14)18-10-11-20-16(18)13-6-8-17-9-7-13;1-2(3)4/h2-11,16H,1H3;1H3,(H2,3,4). The number of anilines is 1.